The number of nitrogens with zero attached hydrogens (tertiary/aromatic N) is 2. The largest absolute Gasteiger partial charge is 0.493 e. The van der Waals surface area contributed by atoms with Crippen LogP contribution in [0.3, 0.4) is 0 Å². The lowest BCUT2D eigenvalue weighted by molar-refractivity contribution is 0.259. The number of imidazole rings is 1. The maximum Gasteiger partial charge on any atom is 0.211 e. The van der Waals surface area contributed by atoms with Gasteiger partial charge < -0.3 is 24.5 Å². The van der Waals surface area contributed by atoms with E-state index in [1.165, 1.54) is 0 Å². The number of aryl methyl sites for hydroxylation is 3. The minimum Gasteiger partial charge on any atom is -0.493 e. The van der Waals surface area contributed by atoms with Crippen LogP contribution in [0.1, 0.15) is 42.4 Å². The van der Waals surface area contributed by atoms with Gasteiger partial charge in [0.25, 0.3) is 0 Å². The van der Waals surface area contributed by atoms with Gasteiger partial charge in [0.2, 0.25) is 12.4 Å². The Morgan fingerprint density at radius 3 is 2.31 bits per heavy atom. The van der Waals surface area contributed by atoms with E-state index in [4.69, 9.17) is 20.9 Å². The fourth-order valence-corrected chi connectivity index (χ4v) is 5.69. The molecule has 0 aliphatic rings. The molecule has 26 heavy (non-hydrogen) atoms. The van der Waals surface area contributed by atoms with Crippen molar-refractivity contribution in [2.24, 2.45) is 0 Å². The molecule has 2 rings (SSSR count). The van der Waals surface area contributed by atoms with E-state index in [1.807, 2.05) is 39.8 Å². The Labute approximate surface area is 159 Å². The van der Waals surface area contributed by atoms with Crippen LogP contribution in [0.4, 0.5) is 5.69 Å². The molecule has 7 nitrogen and oxygen atoms in total. The Kier molecular flexibility index (Phi) is 7.17. The molecule has 0 radical (unpaired) electrons. The summed E-state index contributed by atoms with van der Waals surface area (Å²) in [6.07, 6.45) is 0. The highest BCUT2D eigenvalue weighted by molar-refractivity contribution is 8.10. The third-order valence-electron chi connectivity index (χ3n) is 3.90. The van der Waals surface area contributed by atoms with Crippen LogP contribution in [0.5, 0.6) is 5.88 Å². The first-order valence-corrected chi connectivity index (χ1v) is 11.3. The second-order valence-electron chi connectivity index (χ2n) is 5.91. The molecule has 0 aliphatic carbocycles. The van der Waals surface area contributed by atoms with Gasteiger partial charge in [-0.1, -0.05) is 0 Å². The van der Waals surface area contributed by atoms with Crippen molar-refractivity contribution < 1.29 is 14.2 Å². The average molecular weight is 398 g/mol. The maximum atomic E-state index is 9.92. The first-order chi connectivity index (χ1) is 12.3. The molecule has 0 aromatic carbocycles. The number of rotatable bonds is 9. The molecule has 0 amide bonds. The van der Waals surface area contributed by atoms with E-state index < -0.39 is 6.49 Å². The molecule has 1 unspecified atom stereocenters. The molecule has 9 heteroatoms. The van der Waals surface area contributed by atoms with Crippen molar-refractivity contribution >= 4 is 24.0 Å². The van der Waals surface area contributed by atoms with Gasteiger partial charge >= 0.3 is 0 Å². The number of H-pyrrole nitrogens is 1. The van der Waals surface area contributed by atoms with Crippen molar-refractivity contribution in [2.75, 3.05) is 25.1 Å². The van der Waals surface area contributed by atoms with Crippen molar-refractivity contribution in [3.8, 4) is 5.88 Å². The summed E-state index contributed by atoms with van der Waals surface area (Å²) in [5, 5.41) is 13.3. The van der Waals surface area contributed by atoms with E-state index >= 15 is 0 Å². The molecular formula is C17H27N4O3PS. The highest BCUT2D eigenvalue weighted by atomic mass is 32.5. The van der Waals surface area contributed by atoms with Crippen LogP contribution in [-0.2, 0) is 20.9 Å². The van der Waals surface area contributed by atoms with Crippen LogP contribution in [0.2, 0.25) is 0 Å². The normalized spacial score (nSPS) is 13.0. The van der Waals surface area contributed by atoms with Crippen LogP contribution >= 0.6 is 6.49 Å². The summed E-state index contributed by atoms with van der Waals surface area (Å²) in [6, 6.07) is 3.94. The zero-order chi connectivity index (χ0) is 19.3. The predicted octanol–water partition coefficient (Wildman–Crippen LogP) is 3.97. The number of pyridine rings is 1. The lowest BCUT2D eigenvalue weighted by Crippen LogP contribution is -2.18. The number of hydrogen-bond acceptors (Lipinski definition) is 7. The van der Waals surface area contributed by atoms with Crippen molar-refractivity contribution in [1.82, 2.24) is 15.0 Å². The maximum absolute atomic E-state index is 9.92. The predicted molar refractivity (Wildman–Crippen MR) is 107 cm³/mol. The number of anilines is 1. The number of nitrogens with one attached hydrogen (secondary N) is 2. The molecule has 0 bridgehead atoms. The lowest BCUT2D eigenvalue weighted by atomic mass is 10.2. The number of hydrogen-bond donors (Lipinski definition) is 3. The molecule has 0 saturated carbocycles. The van der Waals surface area contributed by atoms with E-state index in [0.29, 0.717) is 31.3 Å². The molecule has 2 heterocycles. The Bertz CT molecular complexity index is 767. The monoisotopic (exact) mass is 398 g/mol. The van der Waals surface area contributed by atoms with Crippen molar-refractivity contribution in [3.63, 3.8) is 0 Å². The van der Waals surface area contributed by atoms with Crippen LogP contribution < -0.4 is 5.32 Å². The van der Waals surface area contributed by atoms with Crippen LogP contribution in [0.25, 0.3) is 0 Å². The lowest BCUT2D eigenvalue weighted by Gasteiger charge is -2.29. The summed E-state index contributed by atoms with van der Waals surface area (Å²) in [5.74, 6) is 0.600. The molecule has 0 aliphatic heterocycles. The first kappa shape index (κ1) is 20.8. The summed E-state index contributed by atoms with van der Waals surface area (Å²) >= 11 is 5.79. The molecule has 0 spiro atoms. The topological polar surface area (TPSA) is 92.3 Å². The Balaban J connectivity index is 2.34. The Morgan fingerprint density at radius 1 is 1.15 bits per heavy atom. The number of aromatic amines is 1. The average Bonchev–Trinajstić information content (AvgIpc) is 2.88. The van der Waals surface area contributed by atoms with Crippen LogP contribution in [-0.4, -0.2) is 39.8 Å². The molecule has 2 aromatic rings. The quantitative estimate of drug-likeness (QED) is 0.550. The summed E-state index contributed by atoms with van der Waals surface area (Å²) < 4.78 is 11.8. The van der Waals surface area contributed by atoms with Gasteiger partial charge in [0.05, 0.1) is 30.3 Å². The minimum absolute atomic E-state index is 0.0349. The van der Waals surface area contributed by atoms with E-state index in [-0.39, 0.29) is 11.5 Å². The Morgan fingerprint density at radius 2 is 1.81 bits per heavy atom. The minimum atomic E-state index is -2.67. The summed E-state index contributed by atoms with van der Waals surface area (Å²) in [6.45, 7) is 8.11. The molecule has 1 atom stereocenters. The van der Waals surface area contributed by atoms with Crippen LogP contribution in [0, 0.1) is 20.8 Å². The number of aromatic nitrogens is 3. The zero-order valence-electron chi connectivity index (χ0n) is 15.9. The smallest absolute Gasteiger partial charge is 0.211 e. The van der Waals surface area contributed by atoms with Gasteiger partial charge in [-0.25, -0.2) is 4.98 Å². The molecular weight excluding hydrogens is 371 g/mol. The van der Waals surface area contributed by atoms with Gasteiger partial charge in [-0.3, -0.25) is 4.98 Å². The van der Waals surface area contributed by atoms with Gasteiger partial charge in [0, 0.05) is 12.2 Å². The van der Waals surface area contributed by atoms with Crippen molar-refractivity contribution in [1.29, 1.82) is 0 Å². The van der Waals surface area contributed by atoms with Crippen LogP contribution in [0.15, 0.2) is 12.1 Å². The zero-order valence-corrected chi connectivity index (χ0v) is 17.6. The second-order valence-corrected chi connectivity index (χ2v) is 9.66. The number of aromatic hydroxyl groups is 1. The standard InChI is InChI=1S/C17H27N4O3PS/c1-6-23-25(26,24-7-2)15(16-20-13(5)17(22)21-16)10-18-14-9-8-11(3)19-12(14)4/h8-9,15,18,22H,6-7,10H2,1-5H3,(H,20,21). The highest BCUT2D eigenvalue weighted by Gasteiger charge is 2.35. The first-order valence-electron chi connectivity index (χ1n) is 8.63. The molecule has 2 aromatic heterocycles. The SMILES string of the molecule is CCOP(=S)(OCC)C(CNc1ccc(C)nc1C)c1nc(C)c(O)[nH]1. The summed E-state index contributed by atoms with van der Waals surface area (Å²) in [7, 11) is 0. The van der Waals surface area contributed by atoms with Gasteiger partial charge in [0.15, 0.2) is 0 Å². The van der Waals surface area contributed by atoms with Crippen molar-refractivity contribution in [2.45, 2.75) is 40.3 Å². The Hall–Kier alpha value is -1.47. The summed E-state index contributed by atoms with van der Waals surface area (Å²) in [5.41, 5.74) is 2.97. The molecule has 3 N–H and O–H groups in total. The second kappa shape index (κ2) is 8.95. The van der Waals surface area contributed by atoms with Crippen molar-refractivity contribution in [3.05, 3.63) is 35.0 Å². The van der Waals surface area contributed by atoms with Gasteiger partial charge in [-0.15, -0.1) is 0 Å². The van der Waals surface area contributed by atoms with Gasteiger partial charge in [-0.05, 0) is 58.6 Å². The molecule has 144 valence electrons. The fourth-order valence-electron chi connectivity index (χ4n) is 2.65. The molecule has 0 fully saturated rings. The highest BCUT2D eigenvalue weighted by Crippen LogP contribution is 2.60. The summed E-state index contributed by atoms with van der Waals surface area (Å²) in [4.78, 5) is 11.8. The van der Waals surface area contributed by atoms with E-state index in [9.17, 15) is 5.11 Å². The van der Waals surface area contributed by atoms with Gasteiger partial charge in [0.1, 0.15) is 11.5 Å². The third kappa shape index (κ3) is 4.82. The van der Waals surface area contributed by atoms with E-state index in [1.54, 1.807) is 6.92 Å². The van der Waals surface area contributed by atoms with E-state index in [0.717, 1.165) is 17.1 Å². The third-order valence-corrected chi connectivity index (χ3v) is 7.73. The molecule has 0 saturated heterocycles. The fraction of sp³-hybridized carbons (Fsp3) is 0.529. The van der Waals surface area contributed by atoms with Gasteiger partial charge in [-0.2, -0.15) is 0 Å². The van der Waals surface area contributed by atoms with E-state index in [2.05, 4.69) is 20.3 Å².